The molecule has 1 heterocycles. The molecule has 5 unspecified atom stereocenters. The molecular formula is C8H12O6S4. The highest BCUT2D eigenvalue weighted by Gasteiger charge is 2.54. The zero-order chi connectivity index (χ0) is 14.1. The molecule has 1 aliphatic rings. The molecule has 5 atom stereocenters. The zero-order valence-electron chi connectivity index (χ0n) is 8.83. The molecule has 104 valence electrons. The summed E-state index contributed by atoms with van der Waals surface area (Å²) in [5.74, 6) is -2.57. The van der Waals surface area contributed by atoms with Crippen molar-refractivity contribution in [1.29, 1.82) is 0 Å². The number of aliphatic hydroxyl groups is 2. The fourth-order valence-corrected chi connectivity index (χ4v) is 5.25. The Morgan fingerprint density at radius 1 is 1.28 bits per heavy atom. The van der Waals surface area contributed by atoms with E-state index >= 15 is 0 Å². The average molecular weight is 332 g/mol. The minimum absolute atomic E-state index is 0.0854. The molecule has 0 aromatic heterocycles. The number of thiol groups is 2. The van der Waals surface area contributed by atoms with Crippen molar-refractivity contribution in [1.82, 2.24) is 0 Å². The van der Waals surface area contributed by atoms with Crippen molar-refractivity contribution in [2.45, 2.75) is 26.1 Å². The number of thioether (sulfide) groups is 2. The Labute approximate surface area is 122 Å². The molecule has 6 nitrogen and oxygen atoms in total. The van der Waals surface area contributed by atoms with Crippen LogP contribution >= 0.6 is 48.8 Å². The van der Waals surface area contributed by atoms with E-state index < -0.39 is 38.1 Å². The number of aliphatic hydroxyl groups excluding tert-OH is 1. The summed E-state index contributed by atoms with van der Waals surface area (Å²) >= 11 is 9.24. The summed E-state index contributed by atoms with van der Waals surface area (Å²) in [6, 6.07) is 0. The molecule has 1 saturated heterocycles. The third kappa shape index (κ3) is 3.23. The van der Waals surface area contributed by atoms with Crippen molar-refractivity contribution >= 4 is 60.7 Å². The van der Waals surface area contributed by atoms with Crippen LogP contribution in [0, 0.1) is 0 Å². The first-order valence-corrected chi connectivity index (χ1v) is 7.68. The van der Waals surface area contributed by atoms with Crippen LogP contribution in [0.4, 0.5) is 0 Å². The third-order valence-corrected chi connectivity index (χ3v) is 7.04. The predicted octanol–water partition coefficient (Wildman–Crippen LogP) is -0.392. The van der Waals surface area contributed by atoms with Crippen LogP contribution in [0.1, 0.15) is 0 Å². The summed E-state index contributed by atoms with van der Waals surface area (Å²) < 4.78 is 0. The maximum Gasteiger partial charge on any atom is 0.320 e. The fourth-order valence-electron chi connectivity index (χ4n) is 1.43. The number of carboxylic acids is 2. The van der Waals surface area contributed by atoms with Crippen molar-refractivity contribution < 1.29 is 30.0 Å². The third-order valence-electron chi connectivity index (χ3n) is 2.33. The highest BCUT2D eigenvalue weighted by atomic mass is 32.2. The van der Waals surface area contributed by atoms with Gasteiger partial charge in [0, 0.05) is 5.75 Å². The molecule has 0 spiro atoms. The summed E-state index contributed by atoms with van der Waals surface area (Å²) in [4.78, 5) is 19.9. The Balaban J connectivity index is 3.05. The second kappa shape index (κ2) is 6.14. The lowest BCUT2D eigenvalue weighted by molar-refractivity contribution is -0.141. The number of carbonyl (C=O) groups is 2. The molecule has 18 heavy (non-hydrogen) atoms. The number of rotatable bonds is 4. The van der Waals surface area contributed by atoms with E-state index in [1.165, 1.54) is 0 Å². The molecule has 0 bridgehead atoms. The van der Waals surface area contributed by atoms with Gasteiger partial charge in [0.05, 0.1) is 5.25 Å². The van der Waals surface area contributed by atoms with E-state index in [1.807, 2.05) is 0 Å². The standard InChI is InChI=1S/C8H12O6S4/c9-2-1-17-8(14,4(16)7(12)13)5(18-2)3(15)6(10)11/h2-5,9,14-16H,1H2,(H,10,11)(H,12,13). The average Bonchev–Trinajstić information content (AvgIpc) is 2.30. The van der Waals surface area contributed by atoms with Gasteiger partial charge < -0.3 is 20.4 Å². The van der Waals surface area contributed by atoms with Crippen molar-refractivity contribution in [3.05, 3.63) is 0 Å². The van der Waals surface area contributed by atoms with Crippen LogP contribution in [-0.2, 0) is 9.59 Å². The van der Waals surface area contributed by atoms with Crippen LogP contribution in [0.15, 0.2) is 0 Å². The molecule has 0 saturated carbocycles. The van der Waals surface area contributed by atoms with Gasteiger partial charge in [-0.3, -0.25) is 9.59 Å². The van der Waals surface area contributed by atoms with E-state index in [9.17, 15) is 19.8 Å². The van der Waals surface area contributed by atoms with E-state index in [2.05, 4.69) is 25.3 Å². The zero-order valence-corrected chi connectivity index (χ0v) is 12.3. The monoisotopic (exact) mass is 332 g/mol. The number of carboxylic acid groups (broad SMARTS) is 2. The lowest BCUT2D eigenvalue weighted by Crippen LogP contribution is -2.57. The normalized spacial score (nSPS) is 35.8. The van der Waals surface area contributed by atoms with E-state index in [4.69, 9.17) is 10.2 Å². The smallest absolute Gasteiger partial charge is 0.320 e. The molecule has 10 heteroatoms. The summed E-state index contributed by atoms with van der Waals surface area (Å²) in [6.07, 6.45) is 0. The topological polar surface area (TPSA) is 115 Å². The maximum atomic E-state index is 10.9. The van der Waals surface area contributed by atoms with E-state index in [0.717, 1.165) is 23.5 Å². The van der Waals surface area contributed by atoms with E-state index in [-0.39, 0.29) is 5.75 Å². The fraction of sp³-hybridized carbons (Fsp3) is 0.750. The first-order chi connectivity index (χ1) is 8.20. The Kier molecular flexibility index (Phi) is 5.57. The Hall–Kier alpha value is 0.260. The second-order valence-corrected chi connectivity index (χ2v) is 7.27. The minimum atomic E-state index is -1.91. The summed E-state index contributed by atoms with van der Waals surface area (Å²) in [5, 5.41) is 33.8. The molecule has 1 fully saturated rings. The lowest BCUT2D eigenvalue weighted by Gasteiger charge is -2.43. The highest BCUT2D eigenvalue weighted by molar-refractivity contribution is 8.08. The van der Waals surface area contributed by atoms with Gasteiger partial charge in [-0.05, 0) is 0 Å². The van der Waals surface area contributed by atoms with Gasteiger partial charge in [-0.15, -0.1) is 23.5 Å². The molecule has 1 rings (SSSR count). The summed E-state index contributed by atoms with van der Waals surface area (Å²) in [5.41, 5.74) is -0.886. The van der Waals surface area contributed by atoms with Gasteiger partial charge in [0.15, 0.2) is 0 Å². The molecule has 0 aromatic rings. The van der Waals surface area contributed by atoms with Crippen LogP contribution in [0.2, 0.25) is 0 Å². The van der Waals surface area contributed by atoms with Crippen molar-refractivity contribution in [3.8, 4) is 0 Å². The molecule has 4 N–H and O–H groups in total. The van der Waals surface area contributed by atoms with Gasteiger partial charge in [0.1, 0.15) is 20.9 Å². The van der Waals surface area contributed by atoms with Crippen molar-refractivity contribution in [2.24, 2.45) is 0 Å². The summed E-state index contributed by atoms with van der Waals surface area (Å²) in [6.45, 7) is 0. The minimum Gasteiger partial charge on any atom is -0.480 e. The summed E-state index contributed by atoms with van der Waals surface area (Å²) in [7, 11) is 0. The largest absolute Gasteiger partial charge is 0.480 e. The highest BCUT2D eigenvalue weighted by Crippen LogP contribution is 2.47. The van der Waals surface area contributed by atoms with Crippen LogP contribution in [0.3, 0.4) is 0 Å². The molecule has 1 aliphatic heterocycles. The van der Waals surface area contributed by atoms with E-state index in [1.54, 1.807) is 0 Å². The molecule has 0 radical (unpaired) electrons. The molecule has 0 aliphatic carbocycles. The second-order valence-electron chi connectivity index (χ2n) is 3.60. The Morgan fingerprint density at radius 2 is 1.83 bits per heavy atom. The van der Waals surface area contributed by atoms with Gasteiger partial charge in [-0.25, -0.2) is 0 Å². The van der Waals surface area contributed by atoms with Crippen LogP contribution in [0.25, 0.3) is 0 Å². The predicted molar refractivity (Wildman–Crippen MR) is 75.6 cm³/mol. The quantitative estimate of drug-likeness (QED) is 0.386. The van der Waals surface area contributed by atoms with Crippen LogP contribution in [0.5, 0.6) is 0 Å². The van der Waals surface area contributed by atoms with E-state index in [0.29, 0.717) is 0 Å². The van der Waals surface area contributed by atoms with Gasteiger partial charge >= 0.3 is 11.9 Å². The molecule has 0 amide bonds. The van der Waals surface area contributed by atoms with Gasteiger partial charge in [-0.1, -0.05) is 0 Å². The lowest BCUT2D eigenvalue weighted by atomic mass is 10.1. The number of hydrogen-bond acceptors (Lipinski definition) is 8. The van der Waals surface area contributed by atoms with Gasteiger partial charge in [0.25, 0.3) is 0 Å². The maximum absolute atomic E-state index is 10.9. The molecular weight excluding hydrogens is 320 g/mol. The van der Waals surface area contributed by atoms with Gasteiger partial charge in [-0.2, -0.15) is 25.3 Å². The molecule has 0 aromatic carbocycles. The first-order valence-electron chi connectivity index (χ1n) is 4.71. The Morgan fingerprint density at radius 3 is 2.28 bits per heavy atom. The van der Waals surface area contributed by atoms with Gasteiger partial charge in [0.2, 0.25) is 0 Å². The van der Waals surface area contributed by atoms with Crippen molar-refractivity contribution in [2.75, 3.05) is 5.75 Å². The van der Waals surface area contributed by atoms with Crippen LogP contribution < -0.4 is 0 Å². The van der Waals surface area contributed by atoms with Crippen LogP contribution in [-0.4, -0.2) is 64.2 Å². The number of aliphatic carboxylic acids is 2. The van der Waals surface area contributed by atoms with Crippen molar-refractivity contribution in [3.63, 3.8) is 0 Å². The number of hydrogen-bond donors (Lipinski definition) is 6. The SMILES string of the molecule is O=C(O)C(S)C1SC(O)CSC1(O)C(S)C(=O)O. The first kappa shape index (κ1) is 16.3. The Bertz CT molecular complexity index is 352.